The van der Waals surface area contributed by atoms with Crippen LogP contribution in [0.1, 0.15) is 70.6 Å². The minimum Gasteiger partial charge on any atom is -0.445 e. The predicted molar refractivity (Wildman–Crippen MR) is 81.7 cm³/mol. The van der Waals surface area contributed by atoms with Gasteiger partial charge in [0.05, 0.1) is 0 Å². The van der Waals surface area contributed by atoms with Crippen molar-refractivity contribution in [1.29, 1.82) is 0 Å². The lowest BCUT2D eigenvalue weighted by Crippen LogP contribution is -2.48. The molecule has 0 atom stereocenters. The van der Waals surface area contributed by atoms with Gasteiger partial charge in [-0.1, -0.05) is 20.8 Å². The molecule has 110 valence electrons. The Labute approximate surface area is 122 Å². The van der Waals surface area contributed by atoms with E-state index in [9.17, 15) is 0 Å². The van der Waals surface area contributed by atoms with Crippen LogP contribution in [-0.4, -0.2) is 0 Å². The summed E-state index contributed by atoms with van der Waals surface area (Å²) in [5, 5.41) is 0. The van der Waals surface area contributed by atoms with Gasteiger partial charge in [-0.15, -0.1) is 0 Å². The van der Waals surface area contributed by atoms with Gasteiger partial charge in [-0.3, -0.25) is 0 Å². The molecule has 4 aliphatic rings. The molecule has 2 N–H and O–H groups in total. The Hall–Kier alpha value is -0.920. The highest BCUT2D eigenvalue weighted by atomic mass is 16.4. The summed E-state index contributed by atoms with van der Waals surface area (Å²) < 4.78 is 5.95. The maximum atomic E-state index is 6.29. The van der Waals surface area contributed by atoms with Crippen LogP contribution in [0.25, 0.3) is 0 Å². The van der Waals surface area contributed by atoms with Crippen molar-refractivity contribution < 1.29 is 4.42 Å². The minimum absolute atomic E-state index is 0.0503. The molecule has 2 nitrogen and oxygen atoms in total. The van der Waals surface area contributed by atoms with Crippen LogP contribution < -0.4 is 5.73 Å². The van der Waals surface area contributed by atoms with E-state index in [0.717, 1.165) is 23.5 Å². The van der Waals surface area contributed by atoms with Crippen LogP contribution >= 0.6 is 0 Å². The quantitative estimate of drug-likeness (QED) is 0.810. The SMILES string of the molecule is CC(C)(C)c1cc(C23CC4CC(CC(C4)C2)C3)c(N)o1. The Bertz CT molecular complexity index is 499. The zero-order valence-electron chi connectivity index (χ0n) is 13.0. The smallest absolute Gasteiger partial charge is 0.194 e. The number of rotatable bonds is 1. The van der Waals surface area contributed by atoms with E-state index in [1.165, 1.54) is 44.1 Å². The molecule has 0 unspecified atom stereocenters. The molecule has 0 radical (unpaired) electrons. The third-order valence-electron chi connectivity index (χ3n) is 6.11. The number of anilines is 1. The Kier molecular flexibility index (Phi) is 2.45. The first-order chi connectivity index (χ1) is 9.36. The van der Waals surface area contributed by atoms with E-state index in [1.807, 2.05) is 0 Å². The standard InChI is InChI=1S/C18H27NO/c1-17(2,3)15-7-14(16(19)20-15)18-8-11-4-12(9-18)6-13(5-11)10-18/h7,11-13H,4-6,8-10,19H2,1-3H3. The van der Waals surface area contributed by atoms with Crippen molar-refractivity contribution in [2.45, 2.75) is 70.1 Å². The van der Waals surface area contributed by atoms with Gasteiger partial charge in [0.1, 0.15) is 5.76 Å². The average Bonchev–Trinajstić information content (AvgIpc) is 2.69. The molecule has 4 saturated carbocycles. The van der Waals surface area contributed by atoms with Gasteiger partial charge < -0.3 is 10.2 Å². The molecule has 5 rings (SSSR count). The van der Waals surface area contributed by atoms with Crippen molar-refractivity contribution in [2.24, 2.45) is 17.8 Å². The molecule has 1 aromatic heterocycles. The van der Waals surface area contributed by atoms with E-state index < -0.39 is 0 Å². The molecule has 2 heteroatoms. The lowest BCUT2D eigenvalue weighted by Gasteiger charge is -2.56. The second-order valence-corrected chi connectivity index (χ2v) is 8.84. The van der Waals surface area contributed by atoms with Gasteiger partial charge in [0.15, 0.2) is 5.88 Å². The molecular weight excluding hydrogens is 246 g/mol. The second kappa shape index (κ2) is 3.84. The van der Waals surface area contributed by atoms with Crippen molar-refractivity contribution in [1.82, 2.24) is 0 Å². The fraction of sp³-hybridized carbons (Fsp3) is 0.778. The van der Waals surface area contributed by atoms with Crippen LogP contribution in [0.5, 0.6) is 0 Å². The molecule has 4 aliphatic carbocycles. The highest BCUT2D eigenvalue weighted by molar-refractivity contribution is 5.47. The molecule has 0 spiro atoms. The van der Waals surface area contributed by atoms with Crippen LogP contribution in [0.2, 0.25) is 0 Å². The molecule has 4 fully saturated rings. The number of nitrogen functional groups attached to an aromatic ring is 1. The van der Waals surface area contributed by atoms with Crippen molar-refractivity contribution in [3.63, 3.8) is 0 Å². The average molecular weight is 273 g/mol. The van der Waals surface area contributed by atoms with E-state index in [2.05, 4.69) is 26.8 Å². The molecule has 20 heavy (non-hydrogen) atoms. The number of hydrogen-bond acceptors (Lipinski definition) is 2. The molecule has 0 saturated heterocycles. The molecular formula is C18H27NO. The fourth-order valence-corrected chi connectivity index (χ4v) is 5.63. The predicted octanol–water partition coefficient (Wildman–Crippen LogP) is 4.63. The summed E-state index contributed by atoms with van der Waals surface area (Å²) in [6, 6.07) is 2.29. The Morgan fingerprint density at radius 2 is 1.55 bits per heavy atom. The fourth-order valence-electron chi connectivity index (χ4n) is 5.63. The van der Waals surface area contributed by atoms with E-state index in [1.54, 1.807) is 0 Å². The monoisotopic (exact) mass is 273 g/mol. The first-order valence-corrected chi connectivity index (χ1v) is 8.26. The highest BCUT2D eigenvalue weighted by Gasteiger charge is 2.53. The van der Waals surface area contributed by atoms with E-state index >= 15 is 0 Å². The Balaban J connectivity index is 1.76. The Morgan fingerprint density at radius 3 is 1.95 bits per heavy atom. The molecule has 1 aromatic rings. The topological polar surface area (TPSA) is 39.2 Å². The zero-order valence-corrected chi connectivity index (χ0v) is 13.0. The van der Waals surface area contributed by atoms with Gasteiger partial charge in [0.25, 0.3) is 0 Å². The maximum Gasteiger partial charge on any atom is 0.194 e. The lowest BCUT2D eigenvalue weighted by atomic mass is 9.48. The van der Waals surface area contributed by atoms with Gasteiger partial charge >= 0.3 is 0 Å². The van der Waals surface area contributed by atoms with Crippen LogP contribution in [0.15, 0.2) is 10.5 Å². The van der Waals surface area contributed by atoms with Gasteiger partial charge in [-0.05, 0) is 62.3 Å². The van der Waals surface area contributed by atoms with E-state index in [0.29, 0.717) is 11.3 Å². The first kappa shape index (κ1) is 12.8. The minimum atomic E-state index is 0.0503. The van der Waals surface area contributed by atoms with Crippen molar-refractivity contribution >= 4 is 5.88 Å². The molecule has 0 amide bonds. The summed E-state index contributed by atoms with van der Waals surface area (Å²) in [5.41, 5.74) is 8.04. The number of hydrogen-bond donors (Lipinski definition) is 1. The van der Waals surface area contributed by atoms with Crippen LogP contribution in [-0.2, 0) is 10.8 Å². The van der Waals surface area contributed by atoms with Crippen molar-refractivity contribution in [2.75, 3.05) is 5.73 Å². The van der Waals surface area contributed by atoms with Gasteiger partial charge in [0.2, 0.25) is 0 Å². The molecule has 1 heterocycles. The normalized spacial score (nSPS) is 39.5. The summed E-state index contributed by atoms with van der Waals surface area (Å²) in [4.78, 5) is 0. The van der Waals surface area contributed by atoms with Crippen LogP contribution in [0, 0.1) is 17.8 Å². The van der Waals surface area contributed by atoms with Gasteiger partial charge in [-0.25, -0.2) is 0 Å². The molecule has 0 aromatic carbocycles. The van der Waals surface area contributed by atoms with Gasteiger partial charge in [-0.2, -0.15) is 0 Å². The molecule has 4 bridgehead atoms. The van der Waals surface area contributed by atoms with E-state index in [-0.39, 0.29) is 5.41 Å². The first-order valence-electron chi connectivity index (χ1n) is 8.26. The van der Waals surface area contributed by atoms with Crippen LogP contribution in [0.3, 0.4) is 0 Å². The van der Waals surface area contributed by atoms with Crippen molar-refractivity contribution in [3.05, 3.63) is 17.4 Å². The van der Waals surface area contributed by atoms with Crippen molar-refractivity contribution in [3.8, 4) is 0 Å². The zero-order chi connectivity index (χ0) is 14.1. The summed E-state index contributed by atoms with van der Waals surface area (Å²) in [6.45, 7) is 6.61. The molecule has 0 aliphatic heterocycles. The highest BCUT2D eigenvalue weighted by Crippen LogP contribution is 2.61. The number of nitrogens with two attached hydrogens (primary N) is 1. The third-order valence-corrected chi connectivity index (χ3v) is 6.11. The summed E-state index contributed by atoms with van der Waals surface area (Å²) in [6.07, 6.45) is 8.49. The summed E-state index contributed by atoms with van der Waals surface area (Å²) in [7, 11) is 0. The van der Waals surface area contributed by atoms with Crippen LogP contribution in [0.4, 0.5) is 5.88 Å². The summed E-state index contributed by atoms with van der Waals surface area (Å²) in [5.74, 6) is 4.62. The Morgan fingerprint density at radius 1 is 1.05 bits per heavy atom. The maximum absolute atomic E-state index is 6.29. The summed E-state index contributed by atoms with van der Waals surface area (Å²) >= 11 is 0. The largest absolute Gasteiger partial charge is 0.445 e. The van der Waals surface area contributed by atoms with E-state index in [4.69, 9.17) is 10.2 Å². The third kappa shape index (κ3) is 1.76. The number of furan rings is 1. The van der Waals surface area contributed by atoms with Gasteiger partial charge in [0, 0.05) is 16.4 Å². The lowest BCUT2D eigenvalue weighted by molar-refractivity contribution is -0.00498. The second-order valence-electron chi connectivity index (χ2n) is 8.84.